The van der Waals surface area contributed by atoms with Crippen molar-refractivity contribution in [1.82, 2.24) is 9.97 Å². The molecule has 9 heteroatoms. The van der Waals surface area contributed by atoms with E-state index in [1.807, 2.05) is 6.92 Å². The van der Waals surface area contributed by atoms with Gasteiger partial charge in [-0.2, -0.15) is 4.98 Å². The molecule has 0 spiro atoms. The minimum Gasteiger partial charge on any atom is -0.395 e. The zero-order valence-corrected chi connectivity index (χ0v) is 11.3. The molecule has 0 aliphatic heterocycles. The summed E-state index contributed by atoms with van der Waals surface area (Å²) in [6.07, 6.45) is 1.99. The predicted molar refractivity (Wildman–Crippen MR) is 73.9 cm³/mol. The molecule has 0 amide bonds. The van der Waals surface area contributed by atoms with Gasteiger partial charge in [0.1, 0.15) is 6.20 Å². The second-order valence-electron chi connectivity index (χ2n) is 4.02. The summed E-state index contributed by atoms with van der Waals surface area (Å²) in [7, 11) is 0. The molecule has 0 aliphatic rings. The number of aliphatic hydroxyl groups excluding tert-OH is 2. The summed E-state index contributed by atoms with van der Waals surface area (Å²) in [5, 5.41) is 32.0. The van der Waals surface area contributed by atoms with E-state index in [0.717, 1.165) is 12.6 Å². The van der Waals surface area contributed by atoms with Gasteiger partial charge in [-0.25, -0.2) is 4.98 Å². The summed E-state index contributed by atoms with van der Waals surface area (Å²) in [6.45, 7) is 2.52. The van der Waals surface area contributed by atoms with E-state index in [2.05, 4.69) is 15.3 Å². The van der Waals surface area contributed by atoms with Gasteiger partial charge < -0.3 is 20.4 Å². The van der Waals surface area contributed by atoms with Gasteiger partial charge in [0, 0.05) is 19.6 Å². The topological polar surface area (TPSA) is 125 Å². The molecule has 0 aliphatic carbocycles. The maximum Gasteiger partial charge on any atom is 0.329 e. The Kier molecular flexibility index (Phi) is 6.60. The summed E-state index contributed by atoms with van der Waals surface area (Å²) in [5.74, 6) is 0.375. The van der Waals surface area contributed by atoms with Crippen molar-refractivity contribution >= 4 is 17.5 Å². The molecule has 0 saturated heterocycles. The smallest absolute Gasteiger partial charge is 0.329 e. The Morgan fingerprint density at radius 2 is 2.05 bits per heavy atom. The SMILES string of the molecule is CCCNc1ncc([N+](=O)[O-])c(N(CCO)CCO)n1. The van der Waals surface area contributed by atoms with Gasteiger partial charge in [-0.1, -0.05) is 6.92 Å². The molecule has 1 heterocycles. The molecule has 1 aromatic rings. The molecule has 0 aromatic carbocycles. The van der Waals surface area contributed by atoms with Gasteiger partial charge in [0.2, 0.25) is 11.8 Å². The fourth-order valence-electron chi connectivity index (χ4n) is 1.61. The minimum atomic E-state index is -0.583. The van der Waals surface area contributed by atoms with Crippen molar-refractivity contribution < 1.29 is 15.1 Å². The molecule has 0 bridgehead atoms. The van der Waals surface area contributed by atoms with Crippen LogP contribution in [0.15, 0.2) is 6.20 Å². The van der Waals surface area contributed by atoms with Crippen molar-refractivity contribution in [2.75, 3.05) is 43.1 Å². The first-order chi connectivity index (χ1) is 9.63. The third-order valence-electron chi connectivity index (χ3n) is 2.52. The van der Waals surface area contributed by atoms with Crippen LogP contribution >= 0.6 is 0 Å². The van der Waals surface area contributed by atoms with Gasteiger partial charge in [0.15, 0.2) is 0 Å². The van der Waals surface area contributed by atoms with Gasteiger partial charge in [-0.15, -0.1) is 0 Å². The number of nitro groups is 1. The van der Waals surface area contributed by atoms with Gasteiger partial charge in [0.05, 0.1) is 18.1 Å². The zero-order chi connectivity index (χ0) is 15.0. The van der Waals surface area contributed by atoms with Gasteiger partial charge >= 0.3 is 5.69 Å². The summed E-state index contributed by atoms with van der Waals surface area (Å²) in [5.41, 5.74) is -0.256. The molecule has 3 N–H and O–H groups in total. The van der Waals surface area contributed by atoms with Gasteiger partial charge in [-0.3, -0.25) is 10.1 Å². The quantitative estimate of drug-likeness (QED) is 0.427. The monoisotopic (exact) mass is 285 g/mol. The second kappa shape index (κ2) is 8.23. The minimum absolute atomic E-state index is 0.0895. The van der Waals surface area contributed by atoms with Crippen molar-refractivity contribution in [3.8, 4) is 0 Å². The van der Waals surface area contributed by atoms with Crippen molar-refractivity contribution in [2.45, 2.75) is 13.3 Å². The van der Waals surface area contributed by atoms with Crippen molar-refractivity contribution in [1.29, 1.82) is 0 Å². The van der Waals surface area contributed by atoms with Gasteiger partial charge in [0.25, 0.3) is 0 Å². The Morgan fingerprint density at radius 1 is 1.40 bits per heavy atom. The molecular formula is C11H19N5O4. The highest BCUT2D eigenvalue weighted by molar-refractivity contribution is 5.58. The highest BCUT2D eigenvalue weighted by atomic mass is 16.6. The summed E-state index contributed by atoms with van der Waals surface area (Å²) < 4.78 is 0. The predicted octanol–water partition coefficient (Wildman–Crippen LogP) is -0.00230. The average Bonchev–Trinajstić information content (AvgIpc) is 2.44. The first-order valence-electron chi connectivity index (χ1n) is 6.36. The third kappa shape index (κ3) is 4.28. The average molecular weight is 285 g/mol. The number of hydrogen-bond donors (Lipinski definition) is 3. The van der Waals surface area contributed by atoms with E-state index in [1.54, 1.807) is 0 Å². The number of hydrogen-bond acceptors (Lipinski definition) is 8. The number of aliphatic hydroxyl groups is 2. The lowest BCUT2D eigenvalue weighted by molar-refractivity contribution is -0.384. The lowest BCUT2D eigenvalue weighted by Gasteiger charge is -2.21. The number of nitrogens with zero attached hydrogens (tertiary/aromatic N) is 4. The highest BCUT2D eigenvalue weighted by Gasteiger charge is 2.22. The molecule has 0 radical (unpaired) electrons. The van der Waals surface area contributed by atoms with Crippen LogP contribution in [-0.2, 0) is 0 Å². The Bertz CT molecular complexity index is 437. The Morgan fingerprint density at radius 3 is 2.55 bits per heavy atom. The number of anilines is 2. The highest BCUT2D eigenvalue weighted by Crippen LogP contribution is 2.25. The van der Waals surface area contributed by atoms with Crippen LogP contribution in [-0.4, -0.2) is 58.0 Å². The summed E-state index contributed by atoms with van der Waals surface area (Å²) in [4.78, 5) is 19.9. The molecule has 0 atom stereocenters. The van der Waals surface area contributed by atoms with E-state index < -0.39 is 4.92 Å². The van der Waals surface area contributed by atoms with Crippen molar-refractivity contribution in [3.05, 3.63) is 16.3 Å². The van der Waals surface area contributed by atoms with E-state index in [-0.39, 0.29) is 43.8 Å². The van der Waals surface area contributed by atoms with Crippen LogP contribution in [0.2, 0.25) is 0 Å². The lowest BCUT2D eigenvalue weighted by Crippen LogP contribution is -2.31. The van der Waals surface area contributed by atoms with E-state index in [9.17, 15) is 10.1 Å². The van der Waals surface area contributed by atoms with Crippen LogP contribution < -0.4 is 10.2 Å². The van der Waals surface area contributed by atoms with Crippen LogP contribution in [0.1, 0.15) is 13.3 Å². The summed E-state index contributed by atoms with van der Waals surface area (Å²) >= 11 is 0. The molecule has 112 valence electrons. The maximum absolute atomic E-state index is 11.0. The first kappa shape index (κ1) is 16.1. The van der Waals surface area contributed by atoms with Gasteiger partial charge in [-0.05, 0) is 6.42 Å². The third-order valence-corrected chi connectivity index (χ3v) is 2.52. The molecule has 20 heavy (non-hydrogen) atoms. The molecule has 0 saturated carbocycles. The number of aromatic nitrogens is 2. The van der Waals surface area contributed by atoms with Crippen molar-refractivity contribution in [3.63, 3.8) is 0 Å². The normalized spacial score (nSPS) is 10.3. The van der Waals surface area contributed by atoms with E-state index in [0.29, 0.717) is 6.54 Å². The Hall–Kier alpha value is -2.00. The van der Waals surface area contributed by atoms with Crippen molar-refractivity contribution in [2.24, 2.45) is 0 Å². The Labute approximate surface area is 116 Å². The van der Waals surface area contributed by atoms with E-state index in [1.165, 1.54) is 4.90 Å². The van der Waals surface area contributed by atoms with Crippen LogP contribution in [0.5, 0.6) is 0 Å². The number of nitrogens with one attached hydrogen (secondary N) is 1. The second-order valence-corrected chi connectivity index (χ2v) is 4.02. The molecule has 0 fully saturated rings. The fraction of sp³-hybridized carbons (Fsp3) is 0.636. The van der Waals surface area contributed by atoms with Crippen LogP contribution in [0.3, 0.4) is 0 Å². The number of rotatable bonds is 9. The molecule has 1 rings (SSSR count). The Balaban J connectivity index is 3.11. The largest absolute Gasteiger partial charge is 0.395 e. The van der Waals surface area contributed by atoms with E-state index in [4.69, 9.17) is 10.2 Å². The lowest BCUT2D eigenvalue weighted by atomic mass is 10.4. The zero-order valence-electron chi connectivity index (χ0n) is 11.3. The molecule has 1 aromatic heterocycles. The van der Waals surface area contributed by atoms with Crippen LogP contribution in [0.4, 0.5) is 17.5 Å². The maximum atomic E-state index is 11.0. The fourth-order valence-corrected chi connectivity index (χ4v) is 1.61. The van der Waals surface area contributed by atoms with E-state index >= 15 is 0 Å². The molecule has 9 nitrogen and oxygen atoms in total. The van der Waals surface area contributed by atoms with Crippen LogP contribution in [0, 0.1) is 10.1 Å². The molecule has 0 unspecified atom stereocenters. The molecular weight excluding hydrogens is 266 g/mol. The standard InChI is InChI=1S/C11H19N5O4/c1-2-3-12-11-13-8-9(16(19)20)10(14-11)15(4-6-17)5-7-18/h8,17-18H,2-7H2,1H3,(H,12,13,14). The first-order valence-corrected chi connectivity index (χ1v) is 6.36. The summed E-state index contributed by atoms with van der Waals surface area (Å²) in [6, 6.07) is 0. The van der Waals surface area contributed by atoms with Crippen LogP contribution in [0.25, 0.3) is 0 Å².